The molecule has 13 heavy (non-hydrogen) atoms. The predicted molar refractivity (Wildman–Crippen MR) is 46.2 cm³/mol. The van der Waals surface area contributed by atoms with E-state index in [0.717, 1.165) is 11.7 Å². The van der Waals surface area contributed by atoms with Crippen molar-refractivity contribution in [2.45, 2.75) is 0 Å². The summed E-state index contributed by atoms with van der Waals surface area (Å²) in [5, 5.41) is 0. The monoisotopic (exact) mass is 220 g/mol. The quantitative estimate of drug-likeness (QED) is 0.522. The van der Waals surface area contributed by atoms with Crippen LogP contribution in [0.5, 0.6) is 0 Å². The van der Waals surface area contributed by atoms with Crippen molar-refractivity contribution in [2.75, 3.05) is 5.88 Å². The van der Waals surface area contributed by atoms with Gasteiger partial charge >= 0.3 is 0 Å². The van der Waals surface area contributed by atoms with Crippen molar-refractivity contribution in [1.29, 1.82) is 0 Å². The highest BCUT2D eigenvalue weighted by Gasteiger charge is 2.08. The molecule has 8 heteroatoms. The van der Waals surface area contributed by atoms with Crippen molar-refractivity contribution in [3.05, 3.63) is 11.9 Å². The fourth-order valence-electron chi connectivity index (χ4n) is 0.489. The maximum absolute atomic E-state index is 11.1. The van der Waals surface area contributed by atoms with Gasteiger partial charge in [0.2, 0.25) is 0 Å². The highest BCUT2D eigenvalue weighted by Crippen LogP contribution is 1.92. The Morgan fingerprint density at radius 3 is 2.85 bits per heavy atom. The number of alkyl halides is 1. The summed E-state index contributed by atoms with van der Waals surface area (Å²) < 4.78 is 7.28. The Labute approximate surface area is 82.6 Å². The van der Waals surface area contributed by atoms with Gasteiger partial charge in [-0.05, 0) is 0 Å². The minimum atomic E-state index is -0.521. The molecule has 2 amide bonds. The molecule has 0 atom stereocenters. The molecule has 1 aromatic rings. The van der Waals surface area contributed by atoms with Crippen LogP contribution < -0.4 is 10.9 Å². The van der Waals surface area contributed by atoms with E-state index in [2.05, 4.69) is 19.6 Å². The lowest BCUT2D eigenvalue weighted by molar-refractivity contribution is -0.119. The first-order valence-corrected chi connectivity index (χ1v) is 4.43. The number of hydrogen-bond acceptors (Lipinski definition) is 5. The number of carbonyl (C=O) groups is 2. The summed E-state index contributed by atoms with van der Waals surface area (Å²) in [6, 6.07) is 0. The second-order valence-electron chi connectivity index (χ2n) is 1.93. The largest absolute Gasteiger partial charge is 0.291 e. The third-order valence-corrected chi connectivity index (χ3v) is 1.75. The molecule has 0 saturated carbocycles. The average Bonchev–Trinajstić information content (AvgIpc) is 2.66. The Balaban J connectivity index is 2.39. The van der Waals surface area contributed by atoms with Crippen molar-refractivity contribution in [2.24, 2.45) is 0 Å². The number of nitrogens with one attached hydrogen (secondary N) is 2. The molecule has 6 nitrogen and oxygen atoms in total. The van der Waals surface area contributed by atoms with Crippen LogP contribution in [0, 0.1) is 0 Å². The lowest BCUT2D eigenvalue weighted by atomic mass is 10.5. The van der Waals surface area contributed by atoms with Crippen LogP contribution in [-0.4, -0.2) is 26.4 Å². The second-order valence-corrected chi connectivity index (χ2v) is 2.75. The van der Waals surface area contributed by atoms with Gasteiger partial charge in [0, 0.05) is 0 Å². The molecule has 0 bridgehead atoms. The topological polar surface area (TPSA) is 84.0 Å². The van der Waals surface area contributed by atoms with Crippen LogP contribution >= 0.6 is 23.3 Å². The summed E-state index contributed by atoms with van der Waals surface area (Å²) in [6.45, 7) is 0. The van der Waals surface area contributed by atoms with E-state index in [1.54, 1.807) is 0 Å². The van der Waals surface area contributed by atoms with Crippen molar-refractivity contribution in [1.82, 2.24) is 19.6 Å². The number of nitrogens with zero attached hydrogens (tertiary/aromatic N) is 2. The minimum Gasteiger partial charge on any atom is -0.272 e. The Morgan fingerprint density at radius 1 is 1.54 bits per heavy atom. The van der Waals surface area contributed by atoms with E-state index in [-0.39, 0.29) is 11.6 Å². The third-order valence-electron chi connectivity index (χ3n) is 1.03. The molecule has 0 aromatic carbocycles. The Bertz CT molecular complexity index is 301. The molecule has 0 fully saturated rings. The zero-order valence-corrected chi connectivity index (χ0v) is 7.85. The molecule has 0 aliphatic heterocycles. The van der Waals surface area contributed by atoms with Crippen LogP contribution in [0.1, 0.15) is 10.5 Å². The highest BCUT2D eigenvalue weighted by atomic mass is 35.5. The summed E-state index contributed by atoms with van der Waals surface area (Å²) >= 11 is 6.08. The number of halogens is 1. The first kappa shape index (κ1) is 9.87. The Hall–Kier alpha value is -1.21. The molecule has 1 aromatic heterocycles. The number of aromatic nitrogens is 2. The number of rotatable bonds is 2. The summed E-state index contributed by atoms with van der Waals surface area (Å²) in [5.74, 6) is -1.22. The Kier molecular flexibility index (Phi) is 3.59. The smallest absolute Gasteiger partial charge is 0.272 e. The van der Waals surface area contributed by atoms with Crippen molar-refractivity contribution in [3.8, 4) is 0 Å². The third kappa shape index (κ3) is 2.96. The second kappa shape index (κ2) is 4.73. The maximum atomic E-state index is 11.1. The van der Waals surface area contributed by atoms with Crippen LogP contribution in [-0.2, 0) is 4.79 Å². The summed E-state index contributed by atoms with van der Waals surface area (Å²) in [5.41, 5.74) is 4.36. The van der Waals surface area contributed by atoms with Crippen molar-refractivity contribution < 1.29 is 9.59 Å². The number of hydrazine groups is 1. The highest BCUT2D eigenvalue weighted by molar-refractivity contribution is 6.99. The van der Waals surface area contributed by atoms with E-state index in [9.17, 15) is 9.59 Å². The lowest BCUT2D eigenvalue weighted by Gasteiger charge is -2.01. The molecule has 0 spiro atoms. The minimum absolute atomic E-state index is 0.153. The summed E-state index contributed by atoms with van der Waals surface area (Å²) in [6.07, 6.45) is 1.30. The van der Waals surface area contributed by atoms with Gasteiger partial charge in [0.25, 0.3) is 11.8 Å². The first-order chi connectivity index (χ1) is 6.24. The fraction of sp³-hybridized carbons (Fsp3) is 0.200. The van der Waals surface area contributed by atoms with Crippen molar-refractivity contribution in [3.63, 3.8) is 0 Å². The molecular weight excluding hydrogens is 216 g/mol. The van der Waals surface area contributed by atoms with Gasteiger partial charge in [-0.3, -0.25) is 20.4 Å². The van der Waals surface area contributed by atoms with E-state index in [1.807, 2.05) is 0 Å². The number of amides is 2. The molecule has 70 valence electrons. The molecule has 2 N–H and O–H groups in total. The van der Waals surface area contributed by atoms with Crippen LogP contribution in [0.3, 0.4) is 0 Å². The molecule has 1 heterocycles. The predicted octanol–water partition coefficient (Wildman–Crippen LogP) is -0.462. The van der Waals surface area contributed by atoms with Crippen LogP contribution in [0.2, 0.25) is 0 Å². The van der Waals surface area contributed by atoms with Gasteiger partial charge in [-0.25, -0.2) is 0 Å². The van der Waals surface area contributed by atoms with Crippen LogP contribution in [0.25, 0.3) is 0 Å². The van der Waals surface area contributed by atoms with Gasteiger partial charge in [0.05, 0.1) is 17.9 Å². The van der Waals surface area contributed by atoms with Gasteiger partial charge in [-0.15, -0.1) is 11.6 Å². The van der Waals surface area contributed by atoms with E-state index >= 15 is 0 Å². The van der Waals surface area contributed by atoms with Gasteiger partial charge in [-0.1, -0.05) is 0 Å². The van der Waals surface area contributed by atoms with Gasteiger partial charge in [0.15, 0.2) is 5.69 Å². The molecule has 0 aliphatic rings. The summed E-state index contributed by atoms with van der Waals surface area (Å²) in [4.78, 5) is 21.7. The molecule has 0 aliphatic carbocycles. The van der Waals surface area contributed by atoms with Gasteiger partial charge in [-0.2, -0.15) is 8.75 Å². The van der Waals surface area contributed by atoms with E-state index in [0.29, 0.717) is 0 Å². The van der Waals surface area contributed by atoms with Crippen molar-refractivity contribution >= 4 is 35.1 Å². The number of hydrogen-bond donors (Lipinski definition) is 2. The van der Waals surface area contributed by atoms with E-state index in [1.165, 1.54) is 6.20 Å². The van der Waals surface area contributed by atoms with Gasteiger partial charge in [0.1, 0.15) is 5.88 Å². The lowest BCUT2D eigenvalue weighted by Crippen LogP contribution is -2.42. The zero-order chi connectivity index (χ0) is 9.68. The zero-order valence-electron chi connectivity index (χ0n) is 6.28. The van der Waals surface area contributed by atoms with E-state index in [4.69, 9.17) is 11.6 Å². The molecule has 0 unspecified atom stereocenters. The number of carbonyl (C=O) groups excluding carboxylic acids is 2. The van der Waals surface area contributed by atoms with Crippen LogP contribution in [0.4, 0.5) is 0 Å². The van der Waals surface area contributed by atoms with Gasteiger partial charge < -0.3 is 0 Å². The maximum Gasteiger partial charge on any atom is 0.291 e. The Morgan fingerprint density at radius 2 is 2.31 bits per heavy atom. The first-order valence-electron chi connectivity index (χ1n) is 3.16. The van der Waals surface area contributed by atoms with E-state index < -0.39 is 11.8 Å². The molecule has 0 radical (unpaired) electrons. The molecule has 1 rings (SSSR count). The average molecular weight is 221 g/mol. The SMILES string of the molecule is O=C(CCl)NNC(=O)c1cnsn1. The molecular formula is C5H5ClN4O2S. The molecule has 0 saturated heterocycles. The normalized spacial score (nSPS) is 9.31. The standard InChI is InChI=1S/C5H5ClN4O2S/c6-1-4(11)8-9-5(12)3-2-7-13-10-3/h2H,1H2,(H,8,11)(H,9,12). The summed E-state index contributed by atoms with van der Waals surface area (Å²) in [7, 11) is 0. The van der Waals surface area contributed by atoms with Crippen LogP contribution in [0.15, 0.2) is 6.20 Å². The fourth-order valence-corrected chi connectivity index (χ4v) is 0.968.